The van der Waals surface area contributed by atoms with Crippen molar-refractivity contribution in [1.29, 1.82) is 0 Å². The number of hydrogen-bond acceptors (Lipinski definition) is 1. The van der Waals surface area contributed by atoms with Gasteiger partial charge in [-0.25, -0.2) is 0 Å². The quantitative estimate of drug-likeness (QED) is 0.412. The van der Waals surface area contributed by atoms with E-state index in [1.54, 1.807) is 0 Å². The van der Waals surface area contributed by atoms with Gasteiger partial charge in [0, 0.05) is 0 Å². The summed E-state index contributed by atoms with van der Waals surface area (Å²) in [6.07, 6.45) is 0. The van der Waals surface area contributed by atoms with E-state index in [1.165, 1.54) is 0 Å². The Labute approximate surface area is 79.6 Å². The first-order valence-corrected chi connectivity index (χ1v) is 3.36. The van der Waals surface area contributed by atoms with Gasteiger partial charge in [0.15, 0.2) is 0 Å². The van der Waals surface area contributed by atoms with Gasteiger partial charge in [-0.3, -0.25) is 0 Å². The minimum atomic E-state index is 0. The molecule has 0 atom stereocenters. The second kappa shape index (κ2) is 3.85. The third kappa shape index (κ3) is 2.29. The van der Waals surface area contributed by atoms with Crippen LogP contribution < -0.4 is 24.0 Å². The first-order chi connectivity index (χ1) is 4.61. The monoisotopic (exact) mass is 142 g/mol. The van der Waals surface area contributed by atoms with Crippen molar-refractivity contribution >= 4 is 0 Å². The van der Waals surface area contributed by atoms with Crippen LogP contribution in [0.3, 0.4) is 0 Å². The fourth-order valence-electron chi connectivity index (χ4n) is 1.17. The largest absolute Gasteiger partial charge is 1.00 e. The molecular formula is C9H11LiO. The van der Waals surface area contributed by atoms with Crippen molar-refractivity contribution in [3.63, 3.8) is 0 Å². The van der Waals surface area contributed by atoms with E-state index < -0.39 is 0 Å². The standard InChI is InChI=1S/C9H12O.Li/c1-6-4-7(2)9(10)8(3)5-6;/h4-5,10H,1-3H3;/q;+1/p-1. The molecule has 1 aromatic carbocycles. The Hall–Kier alpha value is -0.383. The van der Waals surface area contributed by atoms with Gasteiger partial charge < -0.3 is 5.11 Å². The summed E-state index contributed by atoms with van der Waals surface area (Å²) in [7, 11) is 0. The van der Waals surface area contributed by atoms with Crippen LogP contribution in [-0.4, -0.2) is 0 Å². The van der Waals surface area contributed by atoms with Crippen LogP contribution in [0.2, 0.25) is 0 Å². The second-order valence-corrected chi connectivity index (χ2v) is 2.73. The van der Waals surface area contributed by atoms with E-state index in [9.17, 15) is 5.11 Å². The summed E-state index contributed by atoms with van der Waals surface area (Å²) in [6.45, 7) is 5.70. The summed E-state index contributed by atoms with van der Waals surface area (Å²) in [5, 5.41) is 11.1. The van der Waals surface area contributed by atoms with Crippen molar-refractivity contribution < 1.29 is 24.0 Å². The Morgan fingerprint density at radius 1 is 1.00 bits per heavy atom. The van der Waals surface area contributed by atoms with Gasteiger partial charge in [-0.1, -0.05) is 28.8 Å². The fraction of sp³-hybridized carbons (Fsp3) is 0.333. The van der Waals surface area contributed by atoms with Crippen molar-refractivity contribution in [2.75, 3.05) is 0 Å². The van der Waals surface area contributed by atoms with Crippen LogP contribution in [-0.2, 0) is 0 Å². The summed E-state index contributed by atoms with van der Waals surface area (Å²) in [5.41, 5.74) is 2.85. The van der Waals surface area contributed by atoms with E-state index >= 15 is 0 Å². The second-order valence-electron chi connectivity index (χ2n) is 2.73. The maximum Gasteiger partial charge on any atom is 1.00 e. The molecule has 0 aromatic heterocycles. The molecule has 0 saturated carbocycles. The maximum absolute atomic E-state index is 11.1. The Morgan fingerprint density at radius 2 is 1.36 bits per heavy atom. The molecule has 1 rings (SSSR count). The van der Waals surface area contributed by atoms with E-state index in [0.29, 0.717) is 0 Å². The van der Waals surface area contributed by atoms with Gasteiger partial charge >= 0.3 is 18.9 Å². The molecular weight excluding hydrogens is 131 g/mol. The zero-order chi connectivity index (χ0) is 7.72. The van der Waals surface area contributed by atoms with E-state index in [4.69, 9.17) is 0 Å². The molecule has 0 unspecified atom stereocenters. The van der Waals surface area contributed by atoms with Crippen LogP contribution in [0.15, 0.2) is 12.1 Å². The topological polar surface area (TPSA) is 23.1 Å². The molecule has 0 fully saturated rings. The van der Waals surface area contributed by atoms with Crippen molar-refractivity contribution in [1.82, 2.24) is 0 Å². The summed E-state index contributed by atoms with van der Waals surface area (Å²) in [4.78, 5) is 0. The van der Waals surface area contributed by atoms with E-state index in [2.05, 4.69) is 0 Å². The van der Waals surface area contributed by atoms with Crippen LogP contribution in [0, 0.1) is 20.8 Å². The Balaban J connectivity index is 0.000001000. The van der Waals surface area contributed by atoms with Gasteiger partial charge in [-0.05, 0) is 20.8 Å². The molecule has 54 valence electrons. The van der Waals surface area contributed by atoms with Gasteiger partial charge in [0.2, 0.25) is 0 Å². The minimum Gasteiger partial charge on any atom is -0.872 e. The molecule has 0 amide bonds. The minimum absolute atomic E-state index is 0. The maximum atomic E-state index is 11.1. The zero-order valence-electron chi connectivity index (χ0n) is 7.56. The Morgan fingerprint density at radius 3 is 1.73 bits per heavy atom. The van der Waals surface area contributed by atoms with Crippen LogP contribution in [0.4, 0.5) is 0 Å². The summed E-state index contributed by atoms with van der Waals surface area (Å²) in [6, 6.07) is 3.82. The molecule has 0 aliphatic rings. The molecule has 1 nitrogen and oxygen atoms in total. The van der Waals surface area contributed by atoms with E-state index in [0.717, 1.165) is 16.7 Å². The van der Waals surface area contributed by atoms with Gasteiger partial charge in [0.05, 0.1) is 0 Å². The molecule has 0 spiro atoms. The average Bonchev–Trinajstić information content (AvgIpc) is 1.82. The van der Waals surface area contributed by atoms with Crippen LogP contribution >= 0.6 is 0 Å². The molecule has 11 heavy (non-hydrogen) atoms. The SMILES string of the molecule is Cc1cc(C)c([O-])c(C)c1.[Li+]. The molecule has 0 N–H and O–H groups in total. The van der Waals surface area contributed by atoms with Gasteiger partial charge in [0.1, 0.15) is 0 Å². The predicted molar refractivity (Wildman–Crippen MR) is 40.1 cm³/mol. The molecule has 1 aromatic rings. The van der Waals surface area contributed by atoms with Crippen LogP contribution in [0.1, 0.15) is 16.7 Å². The molecule has 0 saturated heterocycles. The van der Waals surface area contributed by atoms with E-state index in [1.807, 2.05) is 32.9 Å². The van der Waals surface area contributed by atoms with Crippen molar-refractivity contribution in [2.45, 2.75) is 20.8 Å². The number of aryl methyl sites for hydroxylation is 3. The normalized spacial score (nSPS) is 9.00. The van der Waals surface area contributed by atoms with Crippen molar-refractivity contribution in [2.24, 2.45) is 0 Å². The van der Waals surface area contributed by atoms with Gasteiger partial charge in [-0.2, -0.15) is 0 Å². The Bertz CT molecular complexity index is 233. The molecule has 0 aliphatic carbocycles. The molecule has 0 aliphatic heterocycles. The van der Waals surface area contributed by atoms with E-state index in [-0.39, 0.29) is 24.6 Å². The van der Waals surface area contributed by atoms with Crippen molar-refractivity contribution in [3.05, 3.63) is 28.8 Å². The third-order valence-electron chi connectivity index (χ3n) is 1.60. The smallest absolute Gasteiger partial charge is 0.872 e. The molecule has 0 radical (unpaired) electrons. The first-order valence-electron chi connectivity index (χ1n) is 3.36. The zero-order valence-corrected chi connectivity index (χ0v) is 7.56. The van der Waals surface area contributed by atoms with Crippen LogP contribution in [0.5, 0.6) is 5.75 Å². The number of benzene rings is 1. The molecule has 2 heteroatoms. The third-order valence-corrected chi connectivity index (χ3v) is 1.60. The number of rotatable bonds is 0. The van der Waals surface area contributed by atoms with Gasteiger partial charge in [-0.15, -0.1) is 5.75 Å². The average molecular weight is 142 g/mol. The first kappa shape index (κ1) is 10.6. The summed E-state index contributed by atoms with van der Waals surface area (Å²) >= 11 is 0. The molecule has 0 bridgehead atoms. The molecule has 0 heterocycles. The number of hydrogen-bond donors (Lipinski definition) is 0. The Kier molecular flexibility index (Phi) is 3.72. The fourth-order valence-corrected chi connectivity index (χ4v) is 1.17. The van der Waals surface area contributed by atoms with Crippen molar-refractivity contribution in [3.8, 4) is 5.75 Å². The summed E-state index contributed by atoms with van der Waals surface area (Å²) in [5.74, 6) is 0.172. The predicted octanol–water partition coefficient (Wildman–Crippen LogP) is -1.31. The summed E-state index contributed by atoms with van der Waals surface area (Å²) < 4.78 is 0. The van der Waals surface area contributed by atoms with Gasteiger partial charge in [0.25, 0.3) is 0 Å². The van der Waals surface area contributed by atoms with Crippen LogP contribution in [0.25, 0.3) is 0 Å².